The predicted octanol–water partition coefficient (Wildman–Crippen LogP) is 2.53. The summed E-state index contributed by atoms with van der Waals surface area (Å²) in [6.07, 6.45) is 2.03. The zero-order chi connectivity index (χ0) is 12.3. The maximum Gasteiger partial charge on any atom is 0.131 e. The van der Waals surface area contributed by atoms with Crippen LogP contribution in [0, 0.1) is 0 Å². The average molecular weight is 272 g/mol. The minimum atomic E-state index is 0.0512. The predicted molar refractivity (Wildman–Crippen MR) is 71.8 cm³/mol. The van der Waals surface area contributed by atoms with E-state index in [4.69, 9.17) is 39.0 Å². The van der Waals surface area contributed by atoms with Gasteiger partial charge >= 0.3 is 0 Å². The Bertz CT molecular complexity index is 419. The molecule has 2 rings (SSSR count). The highest BCUT2D eigenvalue weighted by Gasteiger charge is 2.17. The molecule has 1 unspecified atom stereocenters. The first kappa shape index (κ1) is 12.6. The van der Waals surface area contributed by atoms with Crippen LogP contribution in [-0.2, 0) is 4.74 Å². The minimum Gasteiger partial charge on any atom is -0.487 e. The van der Waals surface area contributed by atoms with Crippen LogP contribution in [-0.4, -0.2) is 24.3 Å². The third kappa shape index (κ3) is 3.31. The highest BCUT2D eigenvalue weighted by molar-refractivity contribution is 7.80. The summed E-state index contributed by atoms with van der Waals surface area (Å²) < 4.78 is 11.2. The third-order valence-corrected chi connectivity index (χ3v) is 3.08. The molecular weight excluding hydrogens is 258 g/mol. The molecule has 3 nitrogen and oxygen atoms in total. The van der Waals surface area contributed by atoms with Crippen molar-refractivity contribution in [2.45, 2.75) is 18.9 Å². The van der Waals surface area contributed by atoms with Crippen molar-refractivity contribution < 1.29 is 9.47 Å². The molecule has 17 heavy (non-hydrogen) atoms. The molecule has 0 spiro atoms. The Morgan fingerprint density at radius 3 is 3.00 bits per heavy atom. The molecule has 0 radical (unpaired) electrons. The van der Waals surface area contributed by atoms with Gasteiger partial charge in [-0.1, -0.05) is 23.8 Å². The van der Waals surface area contributed by atoms with E-state index in [9.17, 15) is 0 Å². The number of hydrogen-bond acceptors (Lipinski definition) is 3. The number of benzene rings is 1. The summed E-state index contributed by atoms with van der Waals surface area (Å²) >= 11 is 10.9. The Hall–Kier alpha value is -0.840. The van der Waals surface area contributed by atoms with Crippen LogP contribution in [0.4, 0.5) is 0 Å². The van der Waals surface area contributed by atoms with Crippen LogP contribution in [0.25, 0.3) is 0 Å². The zero-order valence-electron chi connectivity index (χ0n) is 9.32. The average Bonchev–Trinajstić information content (AvgIpc) is 2.30. The molecule has 0 saturated carbocycles. The molecule has 0 aliphatic carbocycles. The van der Waals surface area contributed by atoms with Gasteiger partial charge in [0.05, 0.1) is 12.2 Å². The standard InChI is InChI=1S/C12H14ClNO2S/c13-8-3-4-10(12(14)17)11(6-8)16-9-2-1-5-15-7-9/h3-4,6,9H,1-2,5,7H2,(H2,14,17). The second kappa shape index (κ2) is 5.67. The van der Waals surface area contributed by atoms with Gasteiger partial charge in [-0.05, 0) is 31.0 Å². The first-order valence-electron chi connectivity index (χ1n) is 5.50. The van der Waals surface area contributed by atoms with Gasteiger partial charge in [0.25, 0.3) is 0 Å². The van der Waals surface area contributed by atoms with Gasteiger partial charge in [-0.15, -0.1) is 0 Å². The quantitative estimate of drug-likeness (QED) is 0.858. The van der Waals surface area contributed by atoms with Crippen molar-refractivity contribution in [3.8, 4) is 5.75 Å². The molecule has 1 saturated heterocycles. The molecule has 1 aromatic rings. The van der Waals surface area contributed by atoms with Crippen molar-refractivity contribution >= 4 is 28.8 Å². The van der Waals surface area contributed by atoms with E-state index in [1.165, 1.54) is 0 Å². The molecule has 1 aliphatic rings. The Balaban J connectivity index is 2.17. The fraction of sp³-hybridized carbons (Fsp3) is 0.417. The fourth-order valence-electron chi connectivity index (χ4n) is 1.78. The van der Waals surface area contributed by atoms with Gasteiger partial charge in [0.1, 0.15) is 16.8 Å². The molecule has 92 valence electrons. The zero-order valence-corrected chi connectivity index (χ0v) is 10.9. The molecule has 0 aromatic heterocycles. The lowest BCUT2D eigenvalue weighted by Crippen LogP contribution is -2.28. The normalized spacial score (nSPS) is 19.9. The molecule has 0 amide bonds. The summed E-state index contributed by atoms with van der Waals surface area (Å²) in [5.41, 5.74) is 6.36. The van der Waals surface area contributed by atoms with E-state index in [0.29, 0.717) is 22.4 Å². The SMILES string of the molecule is NC(=S)c1ccc(Cl)cc1OC1CCCOC1. The second-order valence-corrected chi connectivity index (χ2v) is 4.84. The van der Waals surface area contributed by atoms with Gasteiger partial charge in [-0.3, -0.25) is 0 Å². The Labute approximate surface area is 111 Å². The molecule has 2 N–H and O–H groups in total. The van der Waals surface area contributed by atoms with Gasteiger partial charge in [0.2, 0.25) is 0 Å². The van der Waals surface area contributed by atoms with Gasteiger partial charge in [0.15, 0.2) is 0 Å². The Morgan fingerprint density at radius 2 is 2.35 bits per heavy atom. The van der Waals surface area contributed by atoms with E-state index >= 15 is 0 Å². The van der Waals surface area contributed by atoms with Crippen LogP contribution >= 0.6 is 23.8 Å². The number of rotatable bonds is 3. The fourth-order valence-corrected chi connectivity index (χ4v) is 2.11. The summed E-state index contributed by atoms with van der Waals surface area (Å²) in [4.78, 5) is 0.313. The highest BCUT2D eigenvalue weighted by atomic mass is 35.5. The number of halogens is 1. The van der Waals surface area contributed by atoms with E-state index in [2.05, 4.69) is 0 Å². The highest BCUT2D eigenvalue weighted by Crippen LogP contribution is 2.26. The van der Waals surface area contributed by atoms with Crippen molar-refractivity contribution in [1.82, 2.24) is 0 Å². The van der Waals surface area contributed by atoms with Crippen LogP contribution in [0.5, 0.6) is 5.75 Å². The number of hydrogen-bond donors (Lipinski definition) is 1. The van der Waals surface area contributed by atoms with Crippen LogP contribution in [0.2, 0.25) is 5.02 Å². The molecule has 1 fully saturated rings. The van der Waals surface area contributed by atoms with Crippen LogP contribution in [0.15, 0.2) is 18.2 Å². The Morgan fingerprint density at radius 1 is 1.53 bits per heavy atom. The number of thiocarbonyl (C=S) groups is 1. The molecular formula is C12H14ClNO2S. The van der Waals surface area contributed by atoms with Crippen molar-refractivity contribution in [3.63, 3.8) is 0 Å². The van der Waals surface area contributed by atoms with E-state index in [0.717, 1.165) is 25.0 Å². The second-order valence-electron chi connectivity index (χ2n) is 3.96. The summed E-state index contributed by atoms with van der Waals surface area (Å²) in [7, 11) is 0. The van der Waals surface area contributed by atoms with Gasteiger partial charge in [-0.2, -0.15) is 0 Å². The first-order chi connectivity index (χ1) is 8.16. The lowest BCUT2D eigenvalue weighted by Gasteiger charge is -2.24. The van der Waals surface area contributed by atoms with Crippen LogP contribution < -0.4 is 10.5 Å². The largest absolute Gasteiger partial charge is 0.487 e. The molecule has 1 heterocycles. The maximum absolute atomic E-state index is 5.94. The smallest absolute Gasteiger partial charge is 0.131 e. The number of nitrogens with two attached hydrogens (primary N) is 1. The molecule has 1 atom stereocenters. The minimum absolute atomic E-state index is 0.0512. The molecule has 5 heteroatoms. The van der Waals surface area contributed by atoms with Crippen LogP contribution in [0.3, 0.4) is 0 Å². The molecule has 0 bridgehead atoms. The van der Waals surface area contributed by atoms with Gasteiger partial charge in [0, 0.05) is 11.6 Å². The summed E-state index contributed by atoms with van der Waals surface area (Å²) in [5, 5.41) is 0.608. The van der Waals surface area contributed by atoms with E-state index in [-0.39, 0.29) is 6.10 Å². The van der Waals surface area contributed by atoms with Crippen molar-refractivity contribution in [2.24, 2.45) is 5.73 Å². The Kier molecular flexibility index (Phi) is 4.20. The van der Waals surface area contributed by atoms with Crippen molar-refractivity contribution in [2.75, 3.05) is 13.2 Å². The first-order valence-corrected chi connectivity index (χ1v) is 6.29. The molecule has 1 aromatic carbocycles. The van der Waals surface area contributed by atoms with Crippen LogP contribution in [0.1, 0.15) is 18.4 Å². The lowest BCUT2D eigenvalue weighted by molar-refractivity contribution is 0.00737. The van der Waals surface area contributed by atoms with E-state index in [1.807, 2.05) is 0 Å². The topological polar surface area (TPSA) is 44.5 Å². The van der Waals surface area contributed by atoms with E-state index < -0.39 is 0 Å². The maximum atomic E-state index is 5.94. The van der Waals surface area contributed by atoms with Gasteiger partial charge < -0.3 is 15.2 Å². The van der Waals surface area contributed by atoms with Gasteiger partial charge in [-0.25, -0.2) is 0 Å². The third-order valence-electron chi connectivity index (χ3n) is 2.62. The summed E-state index contributed by atoms with van der Waals surface area (Å²) in [6, 6.07) is 5.27. The summed E-state index contributed by atoms with van der Waals surface area (Å²) in [6.45, 7) is 1.40. The number of ether oxygens (including phenoxy) is 2. The van der Waals surface area contributed by atoms with Crippen molar-refractivity contribution in [3.05, 3.63) is 28.8 Å². The monoisotopic (exact) mass is 271 g/mol. The molecule has 1 aliphatic heterocycles. The van der Waals surface area contributed by atoms with E-state index in [1.54, 1.807) is 18.2 Å². The van der Waals surface area contributed by atoms with Crippen molar-refractivity contribution in [1.29, 1.82) is 0 Å². The lowest BCUT2D eigenvalue weighted by atomic mass is 10.1. The summed E-state index contributed by atoms with van der Waals surface area (Å²) in [5.74, 6) is 0.639.